The second kappa shape index (κ2) is 11.7. The molecule has 0 amide bonds. The molecule has 1 aliphatic rings. The monoisotopic (exact) mass is 676 g/mol. The van der Waals surface area contributed by atoms with Crippen molar-refractivity contribution in [1.29, 1.82) is 0 Å². The van der Waals surface area contributed by atoms with Gasteiger partial charge in [0.2, 0.25) is 0 Å². The molecule has 0 N–H and O–H groups in total. The lowest BCUT2D eigenvalue weighted by atomic mass is 9.93. The Morgan fingerprint density at radius 2 is 0.943 bits per heavy atom. The van der Waals surface area contributed by atoms with Crippen LogP contribution >= 0.6 is 0 Å². The number of hydrogen-bond donors (Lipinski definition) is 0. The highest BCUT2D eigenvalue weighted by Crippen LogP contribution is 2.49. The highest BCUT2D eigenvalue weighted by atomic mass is 16.3. The van der Waals surface area contributed by atoms with Gasteiger partial charge in [0.25, 0.3) is 0 Å². The van der Waals surface area contributed by atoms with E-state index >= 15 is 0 Å². The van der Waals surface area contributed by atoms with Gasteiger partial charge in [0.05, 0.1) is 0 Å². The molecule has 5 heteroatoms. The fourth-order valence-corrected chi connectivity index (χ4v) is 7.96. The van der Waals surface area contributed by atoms with Gasteiger partial charge in [-0.1, -0.05) is 127 Å². The first-order valence-electron chi connectivity index (χ1n) is 17.7. The van der Waals surface area contributed by atoms with Crippen LogP contribution in [0.5, 0.6) is 0 Å². The lowest BCUT2D eigenvalue weighted by Crippen LogP contribution is -2.00. The molecule has 0 saturated heterocycles. The van der Waals surface area contributed by atoms with Crippen molar-refractivity contribution in [2.75, 3.05) is 0 Å². The maximum absolute atomic E-state index is 6.28. The molecule has 0 fully saturated rings. The van der Waals surface area contributed by atoms with Crippen LogP contribution in [0.2, 0.25) is 0 Å². The van der Waals surface area contributed by atoms with E-state index in [4.69, 9.17) is 19.4 Å². The zero-order valence-electron chi connectivity index (χ0n) is 28.4. The van der Waals surface area contributed by atoms with Gasteiger partial charge in [0, 0.05) is 45.4 Å². The van der Waals surface area contributed by atoms with Crippen LogP contribution < -0.4 is 0 Å². The molecule has 5 nitrogen and oxygen atoms in total. The SMILES string of the molecule is c1ccc(-c2cccc(-c3nc(-c4cccc(-c5ccc6c7c(cccc57)-c5cnccc5-6)c4)nc(-c4cccc5oc6ccccc6c45)n3)c2)cc1. The van der Waals surface area contributed by atoms with Gasteiger partial charge >= 0.3 is 0 Å². The molecule has 10 aromatic rings. The lowest BCUT2D eigenvalue weighted by molar-refractivity contribution is 0.669. The van der Waals surface area contributed by atoms with Crippen molar-refractivity contribution in [1.82, 2.24) is 19.9 Å². The van der Waals surface area contributed by atoms with Crippen LogP contribution in [0.1, 0.15) is 0 Å². The van der Waals surface area contributed by atoms with E-state index in [1.807, 2.05) is 48.8 Å². The van der Waals surface area contributed by atoms with Gasteiger partial charge in [-0.2, -0.15) is 0 Å². The van der Waals surface area contributed by atoms with Gasteiger partial charge in [0.1, 0.15) is 11.2 Å². The number of pyridine rings is 1. The normalized spacial score (nSPS) is 11.8. The molecule has 3 aromatic heterocycles. The molecule has 7 aromatic carbocycles. The van der Waals surface area contributed by atoms with E-state index in [0.29, 0.717) is 17.5 Å². The first-order valence-corrected chi connectivity index (χ1v) is 17.7. The number of hydrogen-bond acceptors (Lipinski definition) is 5. The Morgan fingerprint density at radius 1 is 0.340 bits per heavy atom. The van der Waals surface area contributed by atoms with Crippen molar-refractivity contribution in [2.24, 2.45) is 0 Å². The van der Waals surface area contributed by atoms with Crippen LogP contribution in [-0.4, -0.2) is 19.9 Å². The lowest BCUT2D eigenvalue weighted by Gasteiger charge is -2.12. The van der Waals surface area contributed by atoms with E-state index < -0.39 is 0 Å². The third kappa shape index (κ3) is 4.71. The quantitative estimate of drug-likeness (QED) is 0.181. The molecule has 0 spiro atoms. The zero-order chi connectivity index (χ0) is 34.9. The van der Waals surface area contributed by atoms with Crippen LogP contribution in [0.25, 0.3) is 111 Å². The number of furan rings is 1. The van der Waals surface area contributed by atoms with E-state index in [1.165, 1.54) is 33.0 Å². The minimum atomic E-state index is 0.592. The summed E-state index contributed by atoms with van der Waals surface area (Å²) in [7, 11) is 0. The molecule has 0 unspecified atom stereocenters. The van der Waals surface area contributed by atoms with Crippen LogP contribution in [-0.2, 0) is 0 Å². The molecule has 0 saturated carbocycles. The fourth-order valence-electron chi connectivity index (χ4n) is 7.96. The molecular weight excluding hydrogens is 649 g/mol. The fraction of sp³-hybridized carbons (Fsp3) is 0. The molecular formula is C48H28N4O. The Labute approximate surface area is 304 Å². The van der Waals surface area contributed by atoms with Gasteiger partial charge in [0.15, 0.2) is 17.5 Å². The molecule has 53 heavy (non-hydrogen) atoms. The summed E-state index contributed by atoms with van der Waals surface area (Å²) in [5.74, 6) is 1.80. The Morgan fingerprint density at radius 3 is 1.81 bits per heavy atom. The zero-order valence-corrected chi connectivity index (χ0v) is 28.4. The Balaban J connectivity index is 1.11. The summed E-state index contributed by atoms with van der Waals surface area (Å²) in [6.45, 7) is 0. The summed E-state index contributed by atoms with van der Waals surface area (Å²) in [4.78, 5) is 20.0. The molecule has 3 heterocycles. The third-order valence-electron chi connectivity index (χ3n) is 10.4. The Kier molecular flexibility index (Phi) is 6.48. The third-order valence-corrected chi connectivity index (χ3v) is 10.4. The Bertz CT molecular complexity index is 3040. The Hall–Kier alpha value is -7.24. The van der Waals surface area contributed by atoms with Gasteiger partial charge in [-0.25, -0.2) is 15.0 Å². The molecule has 0 radical (unpaired) electrons. The van der Waals surface area contributed by atoms with Crippen molar-refractivity contribution in [3.8, 4) is 78.7 Å². The molecule has 246 valence electrons. The van der Waals surface area contributed by atoms with E-state index in [1.54, 1.807) is 0 Å². The second-order valence-electron chi connectivity index (χ2n) is 13.4. The summed E-state index contributed by atoms with van der Waals surface area (Å²) >= 11 is 0. The van der Waals surface area contributed by atoms with Crippen molar-refractivity contribution in [3.05, 3.63) is 170 Å². The molecule has 11 rings (SSSR count). The predicted molar refractivity (Wildman–Crippen MR) is 214 cm³/mol. The van der Waals surface area contributed by atoms with E-state index in [2.05, 4.69) is 126 Å². The smallest absolute Gasteiger partial charge is 0.164 e. The maximum Gasteiger partial charge on any atom is 0.164 e. The summed E-state index contributed by atoms with van der Waals surface area (Å²) in [5, 5.41) is 4.49. The molecule has 0 aliphatic heterocycles. The number of benzene rings is 7. The largest absolute Gasteiger partial charge is 0.456 e. The van der Waals surface area contributed by atoms with Gasteiger partial charge in [-0.15, -0.1) is 0 Å². The topological polar surface area (TPSA) is 64.7 Å². The number of fused-ring (bicyclic) bond motifs is 6. The maximum atomic E-state index is 6.28. The van der Waals surface area contributed by atoms with Crippen molar-refractivity contribution < 1.29 is 4.42 Å². The van der Waals surface area contributed by atoms with Crippen molar-refractivity contribution in [2.45, 2.75) is 0 Å². The van der Waals surface area contributed by atoms with Crippen LogP contribution in [0, 0.1) is 0 Å². The van der Waals surface area contributed by atoms with Crippen molar-refractivity contribution in [3.63, 3.8) is 0 Å². The standard InChI is InChI=1S/C48H28N4O/c1-2-10-29(11-3-1)30-12-6-14-32(26-30)46-50-47(52-48(51-46)40-19-9-21-43-45(40)39-16-4-5-20-42(39)53-43)33-15-7-13-31(27-33)34-22-23-38-35-24-25-49-28-41(35)37-18-8-17-36(34)44(37)38/h1-28H. The number of rotatable bonds is 5. The van der Waals surface area contributed by atoms with Gasteiger partial charge in [-0.05, 0) is 80.0 Å². The summed E-state index contributed by atoms with van der Waals surface area (Å²) in [6.07, 6.45) is 3.85. The summed E-state index contributed by atoms with van der Waals surface area (Å²) in [6, 6.07) is 54.7. The van der Waals surface area contributed by atoms with E-state index in [0.717, 1.165) is 60.9 Å². The van der Waals surface area contributed by atoms with Crippen LogP contribution in [0.3, 0.4) is 0 Å². The minimum absolute atomic E-state index is 0.592. The van der Waals surface area contributed by atoms with Gasteiger partial charge in [-0.3, -0.25) is 4.98 Å². The first-order chi connectivity index (χ1) is 26.3. The predicted octanol–water partition coefficient (Wildman–Crippen LogP) is 12.3. The number of aromatic nitrogens is 4. The molecule has 1 aliphatic carbocycles. The second-order valence-corrected chi connectivity index (χ2v) is 13.4. The van der Waals surface area contributed by atoms with Gasteiger partial charge < -0.3 is 4.42 Å². The van der Waals surface area contributed by atoms with E-state index in [-0.39, 0.29) is 0 Å². The number of nitrogens with zero attached hydrogens (tertiary/aromatic N) is 4. The highest BCUT2D eigenvalue weighted by Gasteiger charge is 2.23. The summed E-state index contributed by atoms with van der Waals surface area (Å²) in [5.41, 5.74) is 13.7. The highest BCUT2D eigenvalue weighted by molar-refractivity contribution is 6.18. The molecule has 0 atom stereocenters. The summed E-state index contributed by atoms with van der Waals surface area (Å²) < 4.78 is 6.28. The van der Waals surface area contributed by atoms with Crippen LogP contribution in [0.4, 0.5) is 0 Å². The first kappa shape index (κ1) is 29.5. The number of para-hydroxylation sites is 1. The average molecular weight is 677 g/mol. The van der Waals surface area contributed by atoms with Crippen molar-refractivity contribution >= 4 is 32.7 Å². The molecule has 0 bridgehead atoms. The van der Waals surface area contributed by atoms with Crippen LogP contribution in [0.15, 0.2) is 175 Å². The average Bonchev–Trinajstić information content (AvgIpc) is 3.78. The van der Waals surface area contributed by atoms with E-state index in [9.17, 15) is 0 Å². The minimum Gasteiger partial charge on any atom is -0.456 e.